The molecule has 2 N–H and O–H groups in total. The van der Waals surface area contributed by atoms with E-state index in [0.29, 0.717) is 6.42 Å². The molecule has 0 aliphatic heterocycles. The minimum atomic E-state index is -0.409. The van der Waals surface area contributed by atoms with Crippen LogP contribution in [0.5, 0.6) is 0 Å². The summed E-state index contributed by atoms with van der Waals surface area (Å²) >= 11 is 3.54. The highest BCUT2D eigenvalue weighted by Crippen LogP contribution is 2.36. The number of nitrogens with zero attached hydrogens (tertiary/aromatic N) is 1. The second-order valence-electron chi connectivity index (χ2n) is 5.59. The number of aliphatic hydroxyl groups excluding tert-OH is 1. The second kappa shape index (κ2) is 5.38. The number of aromatic nitrogens is 1. The van der Waals surface area contributed by atoms with Gasteiger partial charge in [-0.2, -0.15) is 0 Å². The molecule has 0 spiro atoms. The molecule has 0 saturated heterocycles. The molecule has 4 rings (SSSR count). The summed E-state index contributed by atoms with van der Waals surface area (Å²) in [4.78, 5) is 4.43. The number of rotatable bonds is 2. The molecule has 0 bridgehead atoms. The van der Waals surface area contributed by atoms with Crippen molar-refractivity contribution in [1.82, 2.24) is 4.98 Å². The van der Waals surface area contributed by atoms with E-state index >= 15 is 0 Å². The zero-order valence-corrected chi connectivity index (χ0v) is 13.4. The fraction of sp³-hybridized carbons (Fsp3) is 0.167. The number of para-hydroxylation sites is 1. The van der Waals surface area contributed by atoms with Gasteiger partial charge in [0.2, 0.25) is 0 Å². The molecule has 0 radical (unpaired) electrons. The summed E-state index contributed by atoms with van der Waals surface area (Å²) < 4.78 is 0.973. The van der Waals surface area contributed by atoms with Gasteiger partial charge in [-0.05, 0) is 39.2 Å². The van der Waals surface area contributed by atoms with Crippen molar-refractivity contribution in [3.05, 3.63) is 70.3 Å². The first-order valence-corrected chi connectivity index (χ1v) is 8.09. The Morgan fingerprint density at radius 2 is 1.95 bits per heavy atom. The van der Waals surface area contributed by atoms with E-state index in [9.17, 15) is 5.11 Å². The first-order valence-electron chi connectivity index (χ1n) is 7.29. The molecule has 4 heteroatoms. The Morgan fingerprint density at radius 3 is 2.86 bits per heavy atom. The molecule has 2 aromatic carbocycles. The lowest BCUT2D eigenvalue weighted by molar-refractivity contribution is 0.166. The molecular formula is C18H15BrN2O. The van der Waals surface area contributed by atoms with Crippen molar-refractivity contribution in [2.45, 2.75) is 18.6 Å². The average Bonchev–Trinajstić information content (AvgIpc) is 2.84. The van der Waals surface area contributed by atoms with Crippen molar-refractivity contribution in [2.24, 2.45) is 0 Å². The molecule has 1 aromatic heterocycles. The maximum absolute atomic E-state index is 10.4. The van der Waals surface area contributed by atoms with Crippen LogP contribution < -0.4 is 5.32 Å². The monoisotopic (exact) mass is 354 g/mol. The summed E-state index contributed by atoms with van der Waals surface area (Å²) in [6.07, 6.45) is 2.08. The molecule has 1 heterocycles. The highest BCUT2D eigenvalue weighted by molar-refractivity contribution is 9.10. The number of nitrogens with one attached hydrogen (secondary N) is 1. The van der Waals surface area contributed by atoms with Gasteiger partial charge in [0.05, 0.1) is 17.7 Å². The van der Waals surface area contributed by atoms with Crippen LogP contribution in [0.25, 0.3) is 10.9 Å². The summed E-state index contributed by atoms with van der Waals surface area (Å²) in [5.74, 6) is 0. The predicted molar refractivity (Wildman–Crippen MR) is 92.0 cm³/mol. The van der Waals surface area contributed by atoms with Crippen LogP contribution >= 0.6 is 15.9 Å². The molecular weight excluding hydrogens is 340 g/mol. The van der Waals surface area contributed by atoms with Gasteiger partial charge in [-0.15, -0.1) is 0 Å². The standard InChI is InChI=1S/C18H15BrN2O/c19-14-7-3-6-13-15(8-9-20-17(13)14)21-18-12-5-2-1-4-11(12)10-16(18)22/h1-9,16,18,22H,10H2,(H,20,21)/t16-,18+/m1/s1. The van der Waals surface area contributed by atoms with Crippen LogP contribution in [-0.4, -0.2) is 16.2 Å². The van der Waals surface area contributed by atoms with Crippen molar-refractivity contribution >= 4 is 32.5 Å². The van der Waals surface area contributed by atoms with Crippen LogP contribution in [0.3, 0.4) is 0 Å². The van der Waals surface area contributed by atoms with Gasteiger partial charge < -0.3 is 10.4 Å². The highest BCUT2D eigenvalue weighted by Gasteiger charge is 2.30. The molecule has 3 nitrogen and oxygen atoms in total. The smallest absolute Gasteiger partial charge is 0.0864 e. The maximum Gasteiger partial charge on any atom is 0.0864 e. The minimum absolute atomic E-state index is 0.0826. The number of fused-ring (bicyclic) bond motifs is 2. The van der Waals surface area contributed by atoms with Crippen LogP contribution in [0.1, 0.15) is 17.2 Å². The Morgan fingerprint density at radius 1 is 1.09 bits per heavy atom. The number of aliphatic hydroxyl groups is 1. The third-order valence-corrected chi connectivity index (χ3v) is 4.88. The van der Waals surface area contributed by atoms with Crippen LogP contribution in [0, 0.1) is 0 Å². The van der Waals surface area contributed by atoms with Crippen LogP contribution in [0.2, 0.25) is 0 Å². The quantitative estimate of drug-likeness (QED) is 0.729. The summed E-state index contributed by atoms with van der Waals surface area (Å²) in [7, 11) is 0. The van der Waals surface area contributed by atoms with Crippen molar-refractivity contribution < 1.29 is 5.11 Å². The van der Waals surface area contributed by atoms with E-state index in [4.69, 9.17) is 0 Å². The van der Waals surface area contributed by atoms with E-state index in [1.165, 1.54) is 11.1 Å². The van der Waals surface area contributed by atoms with E-state index in [-0.39, 0.29) is 6.04 Å². The van der Waals surface area contributed by atoms with E-state index < -0.39 is 6.10 Å². The van der Waals surface area contributed by atoms with Gasteiger partial charge in [0.25, 0.3) is 0 Å². The first kappa shape index (κ1) is 13.7. The number of hydrogen-bond donors (Lipinski definition) is 2. The molecule has 0 unspecified atom stereocenters. The minimum Gasteiger partial charge on any atom is -0.390 e. The Bertz CT molecular complexity index is 849. The Labute approximate surface area is 137 Å². The van der Waals surface area contributed by atoms with E-state index in [1.807, 2.05) is 36.4 Å². The van der Waals surface area contributed by atoms with E-state index in [1.54, 1.807) is 6.20 Å². The van der Waals surface area contributed by atoms with Crippen molar-refractivity contribution in [3.63, 3.8) is 0 Å². The first-order chi connectivity index (χ1) is 10.7. The Balaban J connectivity index is 1.77. The lowest BCUT2D eigenvalue weighted by atomic mass is 10.1. The zero-order valence-electron chi connectivity index (χ0n) is 11.8. The Kier molecular flexibility index (Phi) is 3.36. The molecule has 0 saturated carbocycles. The molecule has 1 aliphatic carbocycles. The molecule has 0 fully saturated rings. The predicted octanol–water partition coefficient (Wildman–Crippen LogP) is 4.07. The fourth-order valence-corrected chi connectivity index (χ4v) is 3.65. The van der Waals surface area contributed by atoms with Crippen LogP contribution in [-0.2, 0) is 6.42 Å². The summed E-state index contributed by atoms with van der Waals surface area (Å²) in [5.41, 5.74) is 4.31. The van der Waals surface area contributed by atoms with Crippen molar-refractivity contribution in [3.8, 4) is 0 Å². The molecule has 110 valence electrons. The lowest BCUT2D eigenvalue weighted by Crippen LogP contribution is -2.21. The largest absolute Gasteiger partial charge is 0.390 e. The van der Waals surface area contributed by atoms with Gasteiger partial charge in [0.15, 0.2) is 0 Å². The van der Waals surface area contributed by atoms with Gasteiger partial charge in [0, 0.05) is 28.2 Å². The number of halogens is 1. The normalized spacial score (nSPS) is 20.1. The molecule has 0 amide bonds. The second-order valence-corrected chi connectivity index (χ2v) is 6.44. The van der Waals surface area contributed by atoms with Gasteiger partial charge in [-0.3, -0.25) is 4.98 Å². The zero-order chi connectivity index (χ0) is 15.1. The molecule has 2 atom stereocenters. The number of pyridine rings is 1. The van der Waals surface area contributed by atoms with Crippen molar-refractivity contribution in [1.29, 1.82) is 0 Å². The maximum atomic E-state index is 10.4. The van der Waals surface area contributed by atoms with Gasteiger partial charge in [-0.25, -0.2) is 0 Å². The topological polar surface area (TPSA) is 45.1 Å². The summed E-state index contributed by atoms with van der Waals surface area (Å²) in [6.45, 7) is 0. The van der Waals surface area contributed by atoms with Gasteiger partial charge in [-0.1, -0.05) is 36.4 Å². The van der Waals surface area contributed by atoms with E-state index in [0.717, 1.165) is 21.1 Å². The number of benzene rings is 2. The summed E-state index contributed by atoms with van der Waals surface area (Å²) in [5, 5.41) is 15.0. The third-order valence-electron chi connectivity index (χ3n) is 4.24. The fourth-order valence-electron chi connectivity index (χ4n) is 3.18. The molecule has 1 aliphatic rings. The molecule has 3 aromatic rings. The highest BCUT2D eigenvalue weighted by atomic mass is 79.9. The van der Waals surface area contributed by atoms with Gasteiger partial charge >= 0.3 is 0 Å². The third kappa shape index (κ3) is 2.19. The lowest BCUT2D eigenvalue weighted by Gasteiger charge is -2.20. The number of anilines is 1. The molecule has 22 heavy (non-hydrogen) atoms. The van der Waals surface area contributed by atoms with Crippen LogP contribution in [0.4, 0.5) is 5.69 Å². The average molecular weight is 355 g/mol. The number of hydrogen-bond acceptors (Lipinski definition) is 3. The Hall–Kier alpha value is -1.91. The summed E-state index contributed by atoms with van der Waals surface area (Å²) in [6, 6.07) is 16.1. The van der Waals surface area contributed by atoms with Crippen LogP contribution in [0.15, 0.2) is 59.2 Å². The SMILES string of the molecule is O[C@@H]1Cc2ccccc2[C@@H]1Nc1ccnc2c(Br)cccc12. The van der Waals surface area contributed by atoms with Crippen molar-refractivity contribution in [2.75, 3.05) is 5.32 Å². The van der Waals surface area contributed by atoms with Gasteiger partial charge in [0.1, 0.15) is 0 Å². The van der Waals surface area contributed by atoms with E-state index in [2.05, 4.69) is 38.4 Å².